The number of likely N-dealkylation sites (tertiary alicyclic amines) is 1. The molecule has 0 bridgehead atoms. The molecule has 0 aromatic carbocycles. The number of pyridine rings is 1. The third-order valence-corrected chi connectivity index (χ3v) is 4.60. The fraction of sp³-hybridized carbons (Fsp3) is 0.467. The summed E-state index contributed by atoms with van der Waals surface area (Å²) in [7, 11) is 0. The number of rotatable bonds is 1. The number of nitrogens with one attached hydrogen (secondary N) is 1. The Morgan fingerprint density at radius 3 is 3.25 bits per heavy atom. The molecule has 0 radical (unpaired) electrons. The highest BCUT2D eigenvalue weighted by Crippen LogP contribution is 2.28. The van der Waals surface area contributed by atoms with Crippen molar-refractivity contribution in [3.8, 4) is 0 Å². The van der Waals surface area contributed by atoms with E-state index in [9.17, 15) is 4.79 Å². The van der Waals surface area contributed by atoms with E-state index in [0.717, 1.165) is 37.1 Å². The van der Waals surface area contributed by atoms with Crippen molar-refractivity contribution >= 4 is 11.4 Å². The Bertz CT molecular complexity index is 650. The van der Waals surface area contributed by atoms with Crippen molar-refractivity contribution < 1.29 is 4.79 Å². The quantitative estimate of drug-likeness (QED) is 0.846. The molecule has 104 valence electrons. The van der Waals surface area contributed by atoms with Crippen LogP contribution in [0, 0.1) is 5.92 Å². The minimum atomic E-state index is 0.129. The lowest BCUT2D eigenvalue weighted by atomic mass is 9.91. The molecule has 5 heteroatoms. The largest absolute Gasteiger partial charge is 0.334 e. The van der Waals surface area contributed by atoms with E-state index in [4.69, 9.17) is 0 Å². The molecule has 2 saturated heterocycles. The summed E-state index contributed by atoms with van der Waals surface area (Å²) in [6, 6.07) is 6.18. The zero-order chi connectivity index (χ0) is 13.5. The molecule has 0 saturated carbocycles. The maximum absolute atomic E-state index is 12.9. The summed E-state index contributed by atoms with van der Waals surface area (Å²) in [5.74, 6) is 0.749. The number of carbonyl (C=O) groups is 1. The number of piperidine rings is 1. The summed E-state index contributed by atoms with van der Waals surface area (Å²) >= 11 is 0. The highest BCUT2D eigenvalue weighted by molar-refractivity contribution is 6.00. The Hall–Kier alpha value is -1.88. The van der Waals surface area contributed by atoms with E-state index >= 15 is 0 Å². The van der Waals surface area contributed by atoms with Crippen molar-refractivity contribution in [3.63, 3.8) is 0 Å². The van der Waals surface area contributed by atoms with Crippen molar-refractivity contribution in [1.29, 1.82) is 0 Å². The third kappa shape index (κ3) is 1.73. The minimum Gasteiger partial charge on any atom is -0.334 e. The normalized spacial score (nSPS) is 25.9. The number of hydrogen-bond donors (Lipinski definition) is 1. The molecule has 4 heterocycles. The van der Waals surface area contributed by atoms with Gasteiger partial charge in [-0.3, -0.25) is 4.79 Å². The Morgan fingerprint density at radius 2 is 2.30 bits per heavy atom. The van der Waals surface area contributed by atoms with Crippen LogP contribution >= 0.6 is 0 Å². The number of fused-ring (bicyclic) bond motifs is 2. The minimum absolute atomic E-state index is 0.129. The molecule has 2 unspecified atom stereocenters. The van der Waals surface area contributed by atoms with Gasteiger partial charge in [0.15, 0.2) is 0 Å². The Balaban J connectivity index is 1.69. The van der Waals surface area contributed by atoms with Crippen LogP contribution in [0.5, 0.6) is 0 Å². The maximum atomic E-state index is 12.9. The zero-order valence-electron chi connectivity index (χ0n) is 11.3. The van der Waals surface area contributed by atoms with Crippen molar-refractivity contribution in [2.24, 2.45) is 5.92 Å². The lowest BCUT2D eigenvalue weighted by molar-refractivity contribution is 0.0577. The fourth-order valence-electron chi connectivity index (χ4n) is 3.57. The summed E-state index contributed by atoms with van der Waals surface area (Å²) in [6.07, 6.45) is 5.91. The Labute approximate surface area is 117 Å². The lowest BCUT2D eigenvalue weighted by Gasteiger charge is -2.36. The van der Waals surface area contributed by atoms with E-state index < -0.39 is 0 Å². The topological polar surface area (TPSA) is 49.6 Å². The highest BCUT2D eigenvalue weighted by Gasteiger charge is 2.38. The molecule has 1 amide bonds. The molecule has 1 N–H and O–H groups in total. The molecule has 20 heavy (non-hydrogen) atoms. The van der Waals surface area contributed by atoms with Gasteiger partial charge < -0.3 is 10.2 Å². The molecule has 2 aliphatic heterocycles. The Kier molecular flexibility index (Phi) is 2.73. The molecule has 2 atom stereocenters. The molecule has 2 aliphatic rings. The summed E-state index contributed by atoms with van der Waals surface area (Å²) in [5, 5.41) is 7.69. The second kappa shape index (κ2) is 4.59. The molecular formula is C15H18N4O. The van der Waals surface area contributed by atoms with Gasteiger partial charge in [0.1, 0.15) is 0 Å². The zero-order valence-corrected chi connectivity index (χ0v) is 11.3. The van der Waals surface area contributed by atoms with Gasteiger partial charge in [-0.1, -0.05) is 6.07 Å². The van der Waals surface area contributed by atoms with Crippen LogP contribution in [0.15, 0.2) is 30.6 Å². The second-order valence-electron chi connectivity index (χ2n) is 5.72. The van der Waals surface area contributed by atoms with Crippen LogP contribution in [-0.2, 0) is 0 Å². The SMILES string of the molecule is O=C(c1cnn2ccccc12)N1CCCC2CNCC21. The van der Waals surface area contributed by atoms with Crippen molar-refractivity contribution in [2.75, 3.05) is 19.6 Å². The molecule has 0 aliphatic carbocycles. The number of hydrogen-bond acceptors (Lipinski definition) is 3. The van der Waals surface area contributed by atoms with Crippen LogP contribution in [0.1, 0.15) is 23.2 Å². The van der Waals surface area contributed by atoms with Crippen molar-refractivity contribution in [3.05, 3.63) is 36.2 Å². The van der Waals surface area contributed by atoms with Gasteiger partial charge in [0.25, 0.3) is 5.91 Å². The third-order valence-electron chi connectivity index (χ3n) is 4.60. The van der Waals surface area contributed by atoms with Gasteiger partial charge >= 0.3 is 0 Å². The number of aromatic nitrogens is 2. The maximum Gasteiger partial charge on any atom is 0.257 e. The van der Waals surface area contributed by atoms with E-state index in [1.165, 1.54) is 6.42 Å². The number of nitrogens with zero attached hydrogens (tertiary/aromatic N) is 3. The first kappa shape index (κ1) is 11.9. The van der Waals surface area contributed by atoms with Crippen molar-refractivity contribution in [2.45, 2.75) is 18.9 Å². The van der Waals surface area contributed by atoms with E-state index in [0.29, 0.717) is 12.0 Å². The summed E-state index contributed by atoms with van der Waals surface area (Å²) in [6.45, 7) is 2.84. The summed E-state index contributed by atoms with van der Waals surface area (Å²) < 4.78 is 1.77. The van der Waals surface area contributed by atoms with Gasteiger partial charge in [0.05, 0.1) is 17.3 Å². The van der Waals surface area contributed by atoms with Gasteiger partial charge in [0, 0.05) is 31.9 Å². The van der Waals surface area contributed by atoms with Gasteiger partial charge in [-0.05, 0) is 30.9 Å². The Morgan fingerprint density at radius 1 is 1.35 bits per heavy atom. The molecule has 4 rings (SSSR count). The fourth-order valence-corrected chi connectivity index (χ4v) is 3.57. The molecular weight excluding hydrogens is 252 g/mol. The molecule has 0 spiro atoms. The van der Waals surface area contributed by atoms with Crippen LogP contribution < -0.4 is 5.32 Å². The number of carbonyl (C=O) groups excluding carboxylic acids is 1. The van der Waals surface area contributed by atoms with Crippen LogP contribution in [0.3, 0.4) is 0 Å². The van der Waals surface area contributed by atoms with Crippen LogP contribution in [0.25, 0.3) is 5.52 Å². The number of amides is 1. The molecule has 2 aromatic heterocycles. The highest BCUT2D eigenvalue weighted by atomic mass is 16.2. The summed E-state index contributed by atoms with van der Waals surface area (Å²) in [4.78, 5) is 14.9. The van der Waals surface area contributed by atoms with E-state index in [2.05, 4.69) is 15.3 Å². The lowest BCUT2D eigenvalue weighted by Crippen LogP contribution is -2.48. The van der Waals surface area contributed by atoms with Gasteiger partial charge in [0.2, 0.25) is 0 Å². The monoisotopic (exact) mass is 270 g/mol. The van der Waals surface area contributed by atoms with Crippen LogP contribution in [0.4, 0.5) is 0 Å². The predicted molar refractivity (Wildman–Crippen MR) is 75.6 cm³/mol. The average Bonchev–Trinajstić information content (AvgIpc) is 3.12. The van der Waals surface area contributed by atoms with Crippen LogP contribution in [-0.4, -0.2) is 46.1 Å². The van der Waals surface area contributed by atoms with Crippen molar-refractivity contribution in [1.82, 2.24) is 19.8 Å². The summed E-state index contributed by atoms with van der Waals surface area (Å²) in [5.41, 5.74) is 1.61. The van der Waals surface area contributed by atoms with E-state index in [1.54, 1.807) is 10.7 Å². The second-order valence-corrected chi connectivity index (χ2v) is 5.72. The predicted octanol–water partition coefficient (Wildman–Crippen LogP) is 1.16. The van der Waals surface area contributed by atoms with Gasteiger partial charge in [-0.2, -0.15) is 5.10 Å². The first-order chi connectivity index (χ1) is 9.84. The standard InChI is InChI=1S/C15H18N4O/c20-15(12-9-17-19-7-2-1-5-13(12)19)18-6-3-4-11-8-16-10-14(11)18/h1-2,5,7,9,11,14,16H,3-4,6,8,10H2. The molecule has 5 nitrogen and oxygen atoms in total. The average molecular weight is 270 g/mol. The van der Waals surface area contributed by atoms with Crippen LogP contribution in [0.2, 0.25) is 0 Å². The first-order valence-electron chi connectivity index (χ1n) is 7.28. The van der Waals surface area contributed by atoms with E-state index in [-0.39, 0.29) is 5.91 Å². The van der Waals surface area contributed by atoms with E-state index in [1.807, 2.05) is 24.4 Å². The first-order valence-corrected chi connectivity index (χ1v) is 7.28. The smallest absolute Gasteiger partial charge is 0.257 e. The molecule has 2 aromatic rings. The van der Waals surface area contributed by atoms with Gasteiger partial charge in [-0.15, -0.1) is 0 Å². The van der Waals surface area contributed by atoms with Gasteiger partial charge in [-0.25, -0.2) is 4.52 Å². The molecule has 2 fully saturated rings.